The van der Waals surface area contributed by atoms with E-state index in [0.29, 0.717) is 13.2 Å². The highest BCUT2D eigenvalue weighted by Crippen LogP contribution is 2.29. The summed E-state index contributed by atoms with van der Waals surface area (Å²) in [5.41, 5.74) is 11.2. The molecule has 0 fully saturated rings. The first-order valence-electron chi connectivity index (χ1n) is 7.10. The maximum absolute atomic E-state index is 6.50. The minimum atomic E-state index is -0.172. The van der Waals surface area contributed by atoms with Gasteiger partial charge in [0.1, 0.15) is 0 Å². The van der Waals surface area contributed by atoms with Crippen molar-refractivity contribution in [2.24, 2.45) is 5.73 Å². The van der Waals surface area contributed by atoms with Crippen molar-refractivity contribution in [1.82, 2.24) is 4.98 Å². The molecule has 1 aliphatic rings. The van der Waals surface area contributed by atoms with Gasteiger partial charge in [-0.1, -0.05) is 42.5 Å². The topological polar surface area (TPSA) is 48.1 Å². The number of aromatic nitrogens is 1. The van der Waals surface area contributed by atoms with E-state index in [4.69, 9.17) is 10.5 Å². The molecule has 0 amide bonds. The summed E-state index contributed by atoms with van der Waals surface area (Å²) in [6.45, 7) is 1.39. The first-order valence-corrected chi connectivity index (χ1v) is 7.10. The van der Waals surface area contributed by atoms with Gasteiger partial charge in [-0.2, -0.15) is 0 Å². The largest absolute Gasteiger partial charge is 0.372 e. The van der Waals surface area contributed by atoms with Crippen molar-refractivity contribution in [2.45, 2.75) is 19.3 Å². The molecule has 3 heteroatoms. The van der Waals surface area contributed by atoms with Gasteiger partial charge in [0.2, 0.25) is 0 Å². The Bertz CT molecular complexity index is 808. The molecule has 3 aromatic rings. The maximum atomic E-state index is 6.50. The third-order valence-electron chi connectivity index (χ3n) is 4.14. The lowest BCUT2D eigenvalue weighted by atomic mass is 9.94. The predicted molar refractivity (Wildman–Crippen MR) is 82.7 cm³/mol. The first kappa shape index (κ1) is 12.5. The van der Waals surface area contributed by atoms with Gasteiger partial charge in [0.25, 0.3) is 0 Å². The highest BCUT2D eigenvalue weighted by atomic mass is 16.5. The molecule has 2 aromatic carbocycles. The molecule has 4 rings (SSSR count). The Balaban J connectivity index is 1.81. The number of rotatable bonds is 2. The summed E-state index contributed by atoms with van der Waals surface area (Å²) in [5.74, 6) is 0. The monoisotopic (exact) mass is 276 g/mol. The zero-order valence-corrected chi connectivity index (χ0v) is 11.6. The second-order valence-electron chi connectivity index (χ2n) is 5.45. The highest BCUT2D eigenvalue weighted by Gasteiger charge is 2.16. The summed E-state index contributed by atoms with van der Waals surface area (Å²) < 4.78 is 5.47. The molecule has 21 heavy (non-hydrogen) atoms. The minimum Gasteiger partial charge on any atom is -0.372 e. The number of benzene rings is 2. The van der Waals surface area contributed by atoms with Gasteiger partial charge in [0.05, 0.1) is 19.3 Å². The number of hydrogen-bond acceptors (Lipinski definition) is 3. The summed E-state index contributed by atoms with van der Waals surface area (Å²) in [6.07, 6.45) is 3.75. The fraction of sp³-hybridized carbons (Fsp3) is 0.167. The van der Waals surface area contributed by atoms with Gasteiger partial charge >= 0.3 is 0 Å². The van der Waals surface area contributed by atoms with Crippen LogP contribution in [0.3, 0.4) is 0 Å². The quantitative estimate of drug-likeness (QED) is 0.781. The van der Waals surface area contributed by atoms with Crippen LogP contribution in [-0.4, -0.2) is 4.98 Å². The molecular formula is C18H16N2O. The predicted octanol–water partition coefficient (Wildman–Crippen LogP) is 3.31. The molecule has 0 spiro atoms. The maximum Gasteiger partial charge on any atom is 0.0725 e. The molecule has 0 radical (unpaired) electrons. The third kappa shape index (κ3) is 2.11. The Labute approximate surface area is 123 Å². The van der Waals surface area contributed by atoms with Crippen LogP contribution in [0.4, 0.5) is 0 Å². The molecule has 3 nitrogen and oxygen atoms in total. The summed E-state index contributed by atoms with van der Waals surface area (Å²) in [4.78, 5) is 4.33. The summed E-state index contributed by atoms with van der Waals surface area (Å²) in [6, 6.07) is 14.4. The van der Waals surface area contributed by atoms with Gasteiger partial charge in [-0.05, 0) is 27.6 Å². The van der Waals surface area contributed by atoms with Crippen LogP contribution in [0.1, 0.15) is 28.3 Å². The molecule has 0 saturated heterocycles. The van der Waals surface area contributed by atoms with Crippen LogP contribution in [0.25, 0.3) is 10.8 Å². The van der Waals surface area contributed by atoms with Gasteiger partial charge in [0.15, 0.2) is 0 Å². The van der Waals surface area contributed by atoms with E-state index in [1.165, 1.54) is 11.1 Å². The second-order valence-corrected chi connectivity index (χ2v) is 5.45. The number of fused-ring (bicyclic) bond motifs is 2. The fourth-order valence-electron chi connectivity index (χ4n) is 2.95. The van der Waals surface area contributed by atoms with E-state index < -0.39 is 0 Å². The number of hydrogen-bond donors (Lipinski definition) is 1. The van der Waals surface area contributed by atoms with Crippen LogP contribution in [0, 0.1) is 0 Å². The Morgan fingerprint density at radius 2 is 1.86 bits per heavy atom. The SMILES string of the molecule is NC(c1ccc2c(c1)COC2)c1cncc2ccccc12. The molecule has 0 aliphatic carbocycles. The second kappa shape index (κ2) is 4.95. The lowest BCUT2D eigenvalue weighted by Gasteiger charge is -2.15. The molecule has 1 unspecified atom stereocenters. The molecule has 1 aliphatic heterocycles. The van der Waals surface area contributed by atoms with Crippen LogP contribution < -0.4 is 5.73 Å². The van der Waals surface area contributed by atoms with Crippen LogP contribution in [0.5, 0.6) is 0 Å². The third-order valence-corrected chi connectivity index (χ3v) is 4.14. The van der Waals surface area contributed by atoms with Crippen LogP contribution in [-0.2, 0) is 18.0 Å². The van der Waals surface area contributed by atoms with E-state index in [2.05, 4.69) is 35.3 Å². The van der Waals surface area contributed by atoms with Crippen molar-refractivity contribution < 1.29 is 4.74 Å². The van der Waals surface area contributed by atoms with E-state index in [0.717, 1.165) is 21.9 Å². The molecule has 1 atom stereocenters. The van der Waals surface area contributed by atoms with Crippen molar-refractivity contribution in [3.05, 3.63) is 77.1 Å². The zero-order valence-electron chi connectivity index (χ0n) is 11.6. The van der Waals surface area contributed by atoms with Crippen molar-refractivity contribution in [3.63, 3.8) is 0 Å². The van der Waals surface area contributed by atoms with Gasteiger partial charge < -0.3 is 10.5 Å². The van der Waals surface area contributed by atoms with Crippen molar-refractivity contribution in [1.29, 1.82) is 0 Å². The Hall–Kier alpha value is -2.23. The highest BCUT2D eigenvalue weighted by molar-refractivity contribution is 5.85. The van der Waals surface area contributed by atoms with Crippen LogP contribution in [0.2, 0.25) is 0 Å². The standard InChI is InChI=1S/C18H16N2O/c19-18(12-5-6-14-10-21-11-15(14)7-12)17-9-20-8-13-3-1-2-4-16(13)17/h1-9,18H,10-11,19H2. The Morgan fingerprint density at radius 3 is 2.81 bits per heavy atom. The summed E-state index contributed by atoms with van der Waals surface area (Å²) in [7, 11) is 0. The Morgan fingerprint density at radius 1 is 1.00 bits per heavy atom. The van der Waals surface area contributed by atoms with Gasteiger partial charge in [-0.3, -0.25) is 4.98 Å². The number of nitrogens with two attached hydrogens (primary N) is 1. The first-order chi connectivity index (χ1) is 10.3. The molecule has 104 valence electrons. The lowest BCUT2D eigenvalue weighted by Crippen LogP contribution is -2.13. The summed E-state index contributed by atoms with van der Waals surface area (Å²) >= 11 is 0. The normalized spacial score (nSPS) is 15.1. The number of nitrogens with zero attached hydrogens (tertiary/aromatic N) is 1. The van der Waals surface area contributed by atoms with Crippen LogP contribution in [0.15, 0.2) is 54.9 Å². The van der Waals surface area contributed by atoms with Crippen molar-refractivity contribution >= 4 is 10.8 Å². The number of ether oxygens (including phenoxy) is 1. The van der Waals surface area contributed by atoms with E-state index in [-0.39, 0.29) is 6.04 Å². The van der Waals surface area contributed by atoms with Gasteiger partial charge in [-0.25, -0.2) is 0 Å². The molecule has 1 aromatic heterocycles. The van der Waals surface area contributed by atoms with E-state index in [9.17, 15) is 0 Å². The summed E-state index contributed by atoms with van der Waals surface area (Å²) in [5, 5.41) is 2.28. The lowest BCUT2D eigenvalue weighted by molar-refractivity contribution is 0.134. The average Bonchev–Trinajstić information content (AvgIpc) is 3.01. The molecular weight excluding hydrogens is 260 g/mol. The van der Waals surface area contributed by atoms with Crippen molar-refractivity contribution in [2.75, 3.05) is 0 Å². The van der Waals surface area contributed by atoms with E-state index >= 15 is 0 Å². The van der Waals surface area contributed by atoms with Gasteiger partial charge in [0, 0.05) is 17.8 Å². The van der Waals surface area contributed by atoms with Crippen molar-refractivity contribution in [3.8, 4) is 0 Å². The minimum absolute atomic E-state index is 0.172. The fourth-order valence-corrected chi connectivity index (χ4v) is 2.95. The molecule has 0 saturated carbocycles. The zero-order chi connectivity index (χ0) is 14.2. The molecule has 0 bridgehead atoms. The van der Waals surface area contributed by atoms with E-state index in [1.807, 2.05) is 24.5 Å². The number of pyridine rings is 1. The van der Waals surface area contributed by atoms with Crippen LogP contribution >= 0.6 is 0 Å². The van der Waals surface area contributed by atoms with E-state index in [1.54, 1.807) is 0 Å². The molecule has 2 N–H and O–H groups in total. The van der Waals surface area contributed by atoms with Gasteiger partial charge in [-0.15, -0.1) is 0 Å². The Kier molecular flexibility index (Phi) is 2.95. The smallest absolute Gasteiger partial charge is 0.0725 e. The average molecular weight is 276 g/mol. The molecule has 2 heterocycles.